The molecule has 8 heteroatoms. The first-order valence-corrected chi connectivity index (χ1v) is 8.27. The molecule has 0 aliphatic heterocycles. The van der Waals surface area contributed by atoms with E-state index in [1.165, 1.54) is 24.3 Å². The zero-order valence-electron chi connectivity index (χ0n) is 15.1. The summed E-state index contributed by atoms with van der Waals surface area (Å²) >= 11 is 0. The number of benzene rings is 1. The highest BCUT2D eigenvalue weighted by Crippen LogP contribution is 2.32. The molecule has 27 heavy (non-hydrogen) atoms. The number of nitrogens with one attached hydrogen (secondary N) is 1. The highest BCUT2D eigenvalue weighted by atomic mass is 19.4. The summed E-state index contributed by atoms with van der Waals surface area (Å²) in [5, 5.41) is 2.71. The van der Waals surface area contributed by atoms with E-state index >= 15 is 0 Å². The average Bonchev–Trinajstić information content (AvgIpc) is 3.09. The van der Waals surface area contributed by atoms with Crippen molar-refractivity contribution in [1.82, 2.24) is 5.32 Å². The number of hydrogen-bond acceptors (Lipinski definition) is 4. The van der Waals surface area contributed by atoms with Crippen LogP contribution in [0.4, 0.5) is 13.2 Å². The number of carbonyl (C=O) groups is 2. The van der Waals surface area contributed by atoms with Crippen LogP contribution in [0.3, 0.4) is 0 Å². The number of hydrogen-bond donors (Lipinski definition) is 1. The van der Waals surface area contributed by atoms with Gasteiger partial charge in [-0.1, -0.05) is 19.1 Å². The van der Waals surface area contributed by atoms with Gasteiger partial charge in [0.1, 0.15) is 5.76 Å². The first kappa shape index (κ1) is 20.5. The molecule has 2 rings (SSSR count). The number of esters is 1. The molecule has 2 aromatic rings. The second-order valence-electron chi connectivity index (χ2n) is 6.60. The molecule has 0 saturated heterocycles. The van der Waals surface area contributed by atoms with Crippen LogP contribution >= 0.6 is 0 Å². The van der Waals surface area contributed by atoms with E-state index in [-0.39, 0.29) is 17.1 Å². The molecule has 0 aliphatic rings. The van der Waals surface area contributed by atoms with Gasteiger partial charge in [0, 0.05) is 11.1 Å². The van der Waals surface area contributed by atoms with Crippen LogP contribution in [0.5, 0.6) is 0 Å². The lowest BCUT2D eigenvalue weighted by molar-refractivity contribution is -0.137. The van der Waals surface area contributed by atoms with Gasteiger partial charge in [0.25, 0.3) is 5.91 Å². The highest BCUT2D eigenvalue weighted by molar-refractivity contribution is 5.89. The summed E-state index contributed by atoms with van der Waals surface area (Å²) in [6, 6.07) is 7.20. The molecule has 0 fully saturated rings. The molecule has 1 N–H and O–H groups in total. The molecule has 0 bridgehead atoms. The molecular formula is C19H20F3NO4. The first-order valence-electron chi connectivity index (χ1n) is 8.27. The van der Waals surface area contributed by atoms with E-state index in [1.54, 1.807) is 0 Å². The summed E-state index contributed by atoms with van der Waals surface area (Å²) in [7, 11) is 0. The minimum absolute atomic E-state index is 0.0876. The molecule has 0 saturated carbocycles. The molecule has 0 radical (unpaired) electrons. The van der Waals surface area contributed by atoms with Gasteiger partial charge in [-0.25, -0.2) is 4.79 Å². The van der Waals surface area contributed by atoms with Crippen LogP contribution in [0, 0.1) is 0 Å². The maximum atomic E-state index is 12.8. The van der Waals surface area contributed by atoms with Crippen molar-refractivity contribution in [2.24, 2.45) is 0 Å². The number of carbonyl (C=O) groups excluding carboxylic acids is 2. The minimum atomic E-state index is -4.48. The fourth-order valence-electron chi connectivity index (χ4n) is 2.16. The molecule has 146 valence electrons. The lowest BCUT2D eigenvalue weighted by Crippen LogP contribution is -2.44. The van der Waals surface area contributed by atoms with Crippen LogP contribution in [0.1, 0.15) is 43.3 Å². The Labute approximate surface area is 154 Å². The lowest BCUT2D eigenvalue weighted by atomic mass is 10.0. The number of amides is 1. The number of halogens is 3. The van der Waals surface area contributed by atoms with Crippen LogP contribution in [-0.2, 0) is 15.7 Å². The van der Waals surface area contributed by atoms with Crippen LogP contribution in [0.15, 0.2) is 40.8 Å². The highest BCUT2D eigenvalue weighted by Gasteiger charge is 2.30. The van der Waals surface area contributed by atoms with Crippen molar-refractivity contribution >= 4 is 11.9 Å². The molecule has 1 amide bonds. The van der Waals surface area contributed by atoms with Crippen molar-refractivity contribution in [1.29, 1.82) is 0 Å². The van der Waals surface area contributed by atoms with Gasteiger partial charge in [-0.2, -0.15) is 13.2 Å². The van der Waals surface area contributed by atoms with Crippen molar-refractivity contribution in [3.05, 3.63) is 47.7 Å². The maximum Gasteiger partial charge on any atom is 0.416 e. The van der Waals surface area contributed by atoms with Crippen molar-refractivity contribution < 1.29 is 31.9 Å². The topological polar surface area (TPSA) is 68.5 Å². The van der Waals surface area contributed by atoms with Crippen LogP contribution in [0.2, 0.25) is 0 Å². The van der Waals surface area contributed by atoms with E-state index < -0.39 is 35.8 Å². The third-order valence-electron chi connectivity index (χ3n) is 3.98. The monoisotopic (exact) mass is 383 g/mol. The standard InChI is InChI=1S/C19H20F3NO4/c1-4-18(2,3)23-16(24)11-26-17(25)15-9-8-14(27-15)12-6-5-7-13(10-12)19(20,21)22/h5-10H,4,11H2,1-3H3,(H,23,24). The summed E-state index contributed by atoms with van der Waals surface area (Å²) in [6.07, 6.45) is -3.78. The molecule has 1 aromatic heterocycles. The summed E-state index contributed by atoms with van der Waals surface area (Å²) in [6.45, 7) is 5.09. The molecule has 1 aromatic carbocycles. The lowest BCUT2D eigenvalue weighted by Gasteiger charge is -2.24. The van der Waals surface area contributed by atoms with Crippen molar-refractivity contribution in [3.8, 4) is 11.3 Å². The van der Waals surface area contributed by atoms with Crippen LogP contribution in [-0.4, -0.2) is 24.0 Å². The summed E-state index contributed by atoms with van der Waals surface area (Å²) < 4.78 is 48.5. The molecular weight excluding hydrogens is 363 g/mol. The van der Waals surface area contributed by atoms with Crippen molar-refractivity contribution in [2.45, 2.75) is 38.9 Å². The number of alkyl halides is 3. The van der Waals surface area contributed by atoms with Gasteiger partial charge in [0.2, 0.25) is 5.76 Å². The van der Waals surface area contributed by atoms with Gasteiger partial charge in [0.15, 0.2) is 6.61 Å². The second kappa shape index (κ2) is 7.85. The SMILES string of the molecule is CCC(C)(C)NC(=O)COC(=O)c1ccc(-c2cccc(C(F)(F)F)c2)o1. The average molecular weight is 383 g/mol. The fourth-order valence-corrected chi connectivity index (χ4v) is 2.16. The maximum absolute atomic E-state index is 12.8. The van der Waals surface area contributed by atoms with E-state index in [2.05, 4.69) is 5.32 Å². The van der Waals surface area contributed by atoms with Crippen LogP contribution < -0.4 is 5.32 Å². The van der Waals surface area contributed by atoms with E-state index in [9.17, 15) is 22.8 Å². The molecule has 5 nitrogen and oxygen atoms in total. The molecule has 1 heterocycles. The third kappa shape index (κ3) is 5.60. The Kier molecular flexibility index (Phi) is 5.98. The Hall–Kier alpha value is -2.77. The third-order valence-corrected chi connectivity index (χ3v) is 3.98. The van der Waals surface area contributed by atoms with Gasteiger partial charge in [-0.15, -0.1) is 0 Å². The van der Waals surface area contributed by atoms with Gasteiger partial charge in [-0.3, -0.25) is 4.79 Å². The van der Waals surface area contributed by atoms with E-state index in [4.69, 9.17) is 9.15 Å². The zero-order chi connectivity index (χ0) is 20.2. The number of rotatable bonds is 6. The zero-order valence-corrected chi connectivity index (χ0v) is 15.1. The van der Waals surface area contributed by atoms with E-state index in [0.717, 1.165) is 12.1 Å². The Morgan fingerprint density at radius 3 is 2.48 bits per heavy atom. The summed E-state index contributed by atoms with van der Waals surface area (Å²) in [5.74, 6) is -1.45. The number of furan rings is 1. The van der Waals surface area contributed by atoms with Crippen LogP contribution in [0.25, 0.3) is 11.3 Å². The fraction of sp³-hybridized carbons (Fsp3) is 0.368. The molecule has 0 spiro atoms. The van der Waals surface area contributed by atoms with Gasteiger partial charge in [0.05, 0.1) is 5.56 Å². The molecule has 0 unspecified atom stereocenters. The van der Waals surface area contributed by atoms with Crippen molar-refractivity contribution in [3.63, 3.8) is 0 Å². The molecule has 0 atom stereocenters. The van der Waals surface area contributed by atoms with Gasteiger partial charge < -0.3 is 14.5 Å². The largest absolute Gasteiger partial charge is 0.450 e. The van der Waals surface area contributed by atoms with E-state index in [0.29, 0.717) is 6.42 Å². The summed E-state index contributed by atoms with van der Waals surface area (Å²) in [5.41, 5.74) is -1.08. The smallest absolute Gasteiger partial charge is 0.416 e. The van der Waals surface area contributed by atoms with Crippen molar-refractivity contribution in [2.75, 3.05) is 6.61 Å². The minimum Gasteiger partial charge on any atom is -0.450 e. The first-order chi connectivity index (χ1) is 12.5. The molecule has 0 aliphatic carbocycles. The predicted octanol–water partition coefficient (Wildman–Crippen LogP) is 4.43. The summed E-state index contributed by atoms with van der Waals surface area (Å²) in [4.78, 5) is 23.8. The second-order valence-corrected chi connectivity index (χ2v) is 6.60. The Balaban J connectivity index is 2.03. The Bertz CT molecular complexity index is 824. The normalized spacial score (nSPS) is 11.9. The van der Waals surface area contributed by atoms with E-state index in [1.807, 2.05) is 20.8 Å². The Morgan fingerprint density at radius 2 is 1.85 bits per heavy atom. The Morgan fingerprint density at radius 1 is 1.15 bits per heavy atom. The quantitative estimate of drug-likeness (QED) is 0.750. The van der Waals surface area contributed by atoms with Gasteiger partial charge in [-0.05, 0) is 44.5 Å². The van der Waals surface area contributed by atoms with Gasteiger partial charge >= 0.3 is 12.1 Å². The predicted molar refractivity (Wildman–Crippen MR) is 91.9 cm³/mol. The number of ether oxygens (including phenoxy) is 1.